The molecule has 10 heteroatoms. The Bertz CT molecular complexity index is 793. The van der Waals surface area contributed by atoms with Crippen LogP contribution in [0, 0.1) is 0 Å². The molecule has 0 saturated heterocycles. The van der Waals surface area contributed by atoms with E-state index >= 15 is 0 Å². The van der Waals surface area contributed by atoms with Crippen LogP contribution in [0.2, 0.25) is 10.0 Å². The van der Waals surface area contributed by atoms with Crippen LogP contribution in [0.4, 0.5) is 5.69 Å². The van der Waals surface area contributed by atoms with Crippen LogP contribution in [-0.2, 0) is 16.6 Å². The average Bonchev–Trinajstić information content (AvgIpc) is 2.81. The van der Waals surface area contributed by atoms with Gasteiger partial charge in [0, 0.05) is 9.35 Å². The van der Waals surface area contributed by atoms with Crippen molar-refractivity contribution >= 4 is 82.1 Å². The molecule has 4 nitrogen and oxygen atoms in total. The number of aliphatic hydroxyl groups excluding tert-OH is 1. The first-order valence-electron chi connectivity index (χ1n) is 5.31. The topological polar surface area (TPSA) is 66.4 Å². The largest absolute Gasteiger partial charge is 0.391 e. The quantitative estimate of drug-likeness (QED) is 0.594. The van der Waals surface area contributed by atoms with Gasteiger partial charge in [-0.25, -0.2) is 8.42 Å². The van der Waals surface area contributed by atoms with E-state index in [1.165, 1.54) is 12.1 Å². The minimum absolute atomic E-state index is 0.0339. The van der Waals surface area contributed by atoms with Gasteiger partial charge in [0.1, 0.15) is 4.90 Å². The molecule has 0 aliphatic heterocycles. The third kappa shape index (κ3) is 3.74. The fourth-order valence-electron chi connectivity index (χ4n) is 1.46. The molecule has 2 N–H and O–H groups in total. The van der Waals surface area contributed by atoms with Crippen LogP contribution < -0.4 is 4.72 Å². The van der Waals surface area contributed by atoms with Crippen LogP contribution in [-0.4, -0.2) is 13.5 Å². The van der Waals surface area contributed by atoms with Gasteiger partial charge in [-0.15, -0.1) is 11.3 Å². The fourth-order valence-corrected chi connectivity index (χ4v) is 5.96. The summed E-state index contributed by atoms with van der Waals surface area (Å²) in [5, 5.41) is 9.39. The zero-order valence-corrected chi connectivity index (χ0v) is 16.3. The second kappa shape index (κ2) is 6.74. The number of nitrogens with one attached hydrogen (secondary N) is 1. The molecule has 1 aromatic carbocycles. The number of benzene rings is 1. The smallest absolute Gasteiger partial charge is 0.263 e. The van der Waals surface area contributed by atoms with Crippen molar-refractivity contribution in [3.8, 4) is 0 Å². The molecule has 0 saturated carbocycles. The number of halogens is 4. The Kier molecular flexibility index (Phi) is 5.62. The lowest BCUT2D eigenvalue weighted by atomic mass is 10.3. The Morgan fingerprint density at radius 1 is 1.24 bits per heavy atom. The molecule has 0 bridgehead atoms. The molecule has 0 spiro atoms. The fraction of sp³-hybridized carbons (Fsp3) is 0.0909. The molecule has 0 radical (unpaired) electrons. The van der Waals surface area contributed by atoms with Gasteiger partial charge in [-0.1, -0.05) is 23.2 Å². The minimum Gasteiger partial charge on any atom is -0.391 e. The van der Waals surface area contributed by atoms with E-state index in [9.17, 15) is 8.42 Å². The van der Waals surface area contributed by atoms with Gasteiger partial charge in [0.15, 0.2) is 0 Å². The van der Waals surface area contributed by atoms with Crippen molar-refractivity contribution < 1.29 is 13.5 Å². The minimum atomic E-state index is -3.84. The first-order chi connectivity index (χ1) is 9.76. The Hall–Kier alpha value is 0.170. The van der Waals surface area contributed by atoms with Crippen LogP contribution in [0.1, 0.15) is 4.88 Å². The molecule has 0 amide bonds. The van der Waals surface area contributed by atoms with Gasteiger partial charge < -0.3 is 5.11 Å². The molecule has 0 aliphatic carbocycles. The Balaban J connectivity index is 2.42. The molecule has 2 aromatic rings. The van der Waals surface area contributed by atoms with E-state index in [1.807, 2.05) is 0 Å². The second-order valence-electron chi connectivity index (χ2n) is 3.84. The molecule has 0 aliphatic rings. The summed E-state index contributed by atoms with van der Waals surface area (Å²) >= 11 is 19.5. The van der Waals surface area contributed by atoms with E-state index in [4.69, 9.17) is 28.3 Å². The van der Waals surface area contributed by atoms with Crippen LogP contribution in [0.15, 0.2) is 31.4 Å². The highest BCUT2D eigenvalue weighted by molar-refractivity contribution is 9.11. The zero-order valence-electron chi connectivity index (χ0n) is 10.0. The first kappa shape index (κ1) is 17.5. The van der Waals surface area contributed by atoms with Gasteiger partial charge in [-0.3, -0.25) is 4.72 Å². The summed E-state index contributed by atoms with van der Waals surface area (Å²) in [6.45, 7) is -0.232. The Morgan fingerprint density at radius 2 is 1.90 bits per heavy atom. The van der Waals surface area contributed by atoms with Gasteiger partial charge in [0.05, 0.1) is 26.1 Å². The number of anilines is 1. The average molecular weight is 496 g/mol. The summed E-state index contributed by atoms with van der Waals surface area (Å²) in [6, 6.07) is 4.49. The van der Waals surface area contributed by atoms with E-state index in [0.29, 0.717) is 13.1 Å². The molecule has 0 atom stereocenters. The van der Waals surface area contributed by atoms with Gasteiger partial charge in [-0.2, -0.15) is 0 Å². The summed E-state index contributed by atoms with van der Waals surface area (Å²) in [5.74, 6) is 0. The summed E-state index contributed by atoms with van der Waals surface area (Å²) in [4.78, 5) is 0.564. The number of aliphatic hydroxyl groups is 1. The second-order valence-corrected chi connectivity index (χ2v) is 9.55. The first-order valence-corrected chi connectivity index (χ1v) is 9.96. The number of hydrogen-bond acceptors (Lipinski definition) is 4. The van der Waals surface area contributed by atoms with E-state index in [1.54, 1.807) is 6.07 Å². The highest BCUT2D eigenvalue weighted by atomic mass is 79.9. The summed E-state index contributed by atoms with van der Waals surface area (Å²) in [5.41, 5.74) is 0.175. The molecule has 1 heterocycles. The Morgan fingerprint density at radius 3 is 2.48 bits per heavy atom. The predicted molar refractivity (Wildman–Crippen MR) is 92.9 cm³/mol. The lowest BCUT2D eigenvalue weighted by Crippen LogP contribution is -2.13. The Labute approximate surface area is 152 Å². The summed E-state index contributed by atoms with van der Waals surface area (Å²) < 4.78 is 28.1. The number of sulfonamides is 1. The summed E-state index contributed by atoms with van der Waals surface area (Å²) in [6.07, 6.45) is 0. The highest BCUT2D eigenvalue weighted by Gasteiger charge is 2.22. The van der Waals surface area contributed by atoms with Crippen molar-refractivity contribution in [3.05, 3.63) is 41.4 Å². The van der Waals surface area contributed by atoms with Gasteiger partial charge >= 0.3 is 0 Å². The number of rotatable bonds is 4. The molecular formula is C11H7Br2Cl2NO3S2. The van der Waals surface area contributed by atoms with Crippen LogP contribution in [0.25, 0.3) is 0 Å². The monoisotopic (exact) mass is 493 g/mol. The van der Waals surface area contributed by atoms with Crippen molar-refractivity contribution in [2.75, 3.05) is 4.72 Å². The zero-order chi connectivity index (χ0) is 15.8. The van der Waals surface area contributed by atoms with E-state index in [2.05, 4.69) is 36.6 Å². The normalized spacial score (nSPS) is 11.7. The standard InChI is InChI=1S/C11H7Br2Cl2NO3S2/c12-6-1-2-7(10(15)9(6)14)16-21(18,19)8-3-5(4-17)20-11(8)13/h1-3,16-17H,4H2. The molecule has 21 heavy (non-hydrogen) atoms. The summed E-state index contributed by atoms with van der Waals surface area (Å²) in [7, 11) is -3.84. The predicted octanol–water partition coefficient (Wildman–Crippen LogP) is 4.87. The molecule has 2 rings (SSSR count). The van der Waals surface area contributed by atoms with Gasteiger partial charge in [-0.05, 0) is 50.1 Å². The molecule has 0 unspecified atom stereocenters. The third-order valence-electron chi connectivity index (χ3n) is 2.43. The lowest BCUT2D eigenvalue weighted by Gasteiger charge is -2.10. The number of thiophene rings is 1. The van der Waals surface area contributed by atoms with E-state index in [0.717, 1.165) is 11.3 Å². The van der Waals surface area contributed by atoms with Crippen LogP contribution >= 0.6 is 66.4 Å². The lowest BCUT2D eigenvalue weighted by molar-refractivity contribution is 0.285. The van der Waals surface area contributed by atoms with Crippen molar-refractivity contribution in [3.63, 3.8) is 0 Å². The SMILES string of the molecule is O=S(=O)(Nc1ccc(Br)c(Cl)c1Cl)c1cc(CO)sc1Br. The van der Waals surface area contributed by atoms with Crippen molar-refractivity contribution in [2.24, 2.45) is 0 Å². The maximum Gasteiger partial charge on any atom is 0.263 e. The molecule has 114 valence electrons. The van der Waals surface area contributed by atoms with Crippen LogP contribution in [0.5, 0.6) is 0 Å². The van der Waals surface area contributed by atoms with Crippen LogP contribution in [0.3, 0.4) is 0 Å². The van der Waals surface area contributed by atoms with Gasteiger partial charge in [0.2, 0.25) is 0 Å². The van der Waals surface area contributed by atoms with Crippen molar-refractivity contribution in [1.82, 2.24) is 0 Å². The maximum absolute atomic E-state index is 12.4. The third-order valence-corrected chi connectivity index (χ3v) is 7.80. The molecule has 1 aromatic heterocycles. The molecule has 0 fully saturated rings. The van der Waals surface area contributed by atoms with E-state index in [-0.39, 0.29) is 27.2 Å². The number of hydrogen-bond donors (Lipinski definition) is 2. The van der Waals surface area contributed by atoms with Crippen molar-refractivity contribution in [2.45, 2.75) is 11.5 Å². The van der Waals surface area contributed by atoms with Crippen molar-refractivity contribution in [1.29, 1.82) is 0 Å². The highest BCUT2D eigenvalue weighted by Crippen LogP contribution is 2.38. The molecular weight excluding hydrogens is 489 g/mol. The van der Waals surface area contributed by atoms with E-state index < -0.39 is 10.0 Å². The maximum atomic E-state index is 12.4. The van der Waals surface area contributed by atoms with Gasteiger partial charge in [0.25, 0.3) is 10.0 Å².